The number of aliphatic hydroxyl groups is 1. The summed E-state index contributed by atoms with van der Waals surface area (Å²) >= 11 is 3.37. The standard InChI is InChI=1S/C8H13BrN2O/c1-6-7(9)4-10-11(6)8(2,3)5-12/h4,12H,5H2,1-3H3. The SMILES string of the molecule is Cc1c(Br)cnn1C(C)(C)CO. The summed E-state index contributed by atoms with van der Waals surface area (Å²) in [4.78, 5) is 0. The zero-order chi connectivity index (χ0) is 9.35. The molecule has 0 radical (unpaired) electrons. The van der Waals surface area contributed by atoms with E-state index in [4.69, 9.17) is 5.11 Å². The average molecular weight is 233 g/mol. The molecule has 4 heteroatoms. The summed E-state index contributed by atoms with van der Waals surface area (Å²) in [5, 5.41) is 13.3. The van der Waals surface area contributed by atoms with Crippen LogP contribution in [-0.4, -0.2) is 21.5 Å². The molecule has 1 heterocycles. The smallest absolute Gasteiger partial charge is 0.0804 e. The second kappa shape index (κ2) is 3.18. The van der Waals surface area contributed by atoms with Crippen molar-refractivity contribution < 1.29 is 5.11 Å². The van der Waals surface area contributed by atoms with Crippen LogP contribution in [0, 0.1) is 6.92 Å². The highest BCUT2D eigenvalue weighted by atomic mass is 79.9. The summed E-state index contributed by atoms with van der Waals surface area (Å²) < 4.78 is 2.79. The molecule has 0 bridgehead atoms. The molecule has 12 heavy (non-hydrogen) atoms. The fraction of sp³-hybridized carbons (Fsp3) is 0.625. The normalized spacial score (nSPS) is 12.1. The Morgan fingerprint density at radius 3 is 2.58 bits per heavy atom. The van der Waals surface area contributed by atoms with Gasteiger partial charge >= 0.3 is 0 Å². The molecule has 0 spiro atoms. The largest absolute Gasteiger partial charge is 0.394 e. The predicted octanol–water partition coefficient (Wildman–Crippen LogP) is 1.68. The maximum atomic E-state index is 9.11. The Kier molecular flexibility index (Phi) is 2.58. The van der Waals surface area contributed by atoms with Crippen LogP contribution in [0.1, 0.15) is 19.5 Å². The van der Waals surface area contributed by atoms with Gasteiger partial charge in [0.25, 0.3) is 0 Å². The Bertz CT molecular complexity index is 281. The molecule has 0 saturated carbocycles. The first-order chi connectivity index (χ1) is 5.49. The van der Waals surface area contributed by atoms with E-state index in [9.17, 15) is 0 Å². The van der Waals surface area contributed by atoms with Crippen molar-refractivity contribution in [3.8, 4) is 0 Å². The van der Waals surface area contributed by atoms with E-state index in [0.29, 0.717) is 0 Å². The Morgan fingerprint density at radius 2 is 2.25 bits per heavy atom. The molecule has 0 fully saturated rings. The molecule has 0 aliphatic heterocycles. The number of rotatable bonds is 2. The topological polar surface area (TPSA) is 38.0 Å². The van der Waals surface area contributed by atoms with Crippen molar-refractivity contribution in [1.29, 1.82) is 0 Å². The highest BCUT2D eigenvalue weighted by molar-refractivity contribution is 9.10. The Hall–Kier alpha value is -0.350. The lowest BCUT2D eigenvalue weighted by Crippen LogP contribution is -2.32. The van der Waals surface area contributed by atoms with Crippen molar-refractivity contribution in [1.82, 2.24) is 9.78 Å². The zero-order valence-corrected chi connectivity index (χ0v) is 9.09. The number of nitrogens with zero attached hydrogens (tertiary/aromatic N) is 2. The van der Waals surface area contributed by atoms with E-state index >= 15 is 0 Å². The number of hydrogen-bond acceptors (Lipinski definition) is 2. The minimum Gasteiger partial charge on any atom is -0.394 e. The predicted molar refractivity (Wildman–Crippen MR) is 51.1 cm³/mol. The van der Waals surface area contributed by atoms with Crippen LogP contribution in [0.25, 0.3) is 0 Å². The monoisotopic (exact) mass is 232 g/mol. The van der Waals surface area contributed by atoms with Gasteiger partial charge in [-0.05, 0) is 36.7 Å². The number of aliphatic hydroxyl groups excluding tert-OH is 1. The van der Waals surface area contributed by atoms with Gasteiger partial charge in [0.15, 0.2) is 0 Å². The second-order valence-corrected chi connectivity index (χ2v) is 4.31. The molecule has 1 N–H and O–H groups in total. The minimum absolute atomic E-state index is 0.0853. The van der Waals surface area contributed by atoms with Gasteiger partial charge in [0.2, 0.25) is 0 Å². The molecule has 0 atom stereocenters. The van der Waals surface area contributed by atoms with Crippen LogP contribution in [0.2, 0.25) is 0 Å². The minimum atomic E-state index is -0.323. The van der Waals surface area contributed by atoms with Crippen LogP contribution in [0.3, 0.4) is 0 Å². The van der Waals surface area contributed by atoms with Crippen LogP contribution in [0.4, 0.5) is 0 Å². The van der Waals surface area contributed by atoms with Crippen LogP contribution in [-0.2, 0) is 5.54 Å². The molecule has 1 aromatic rings. The van der Waals surface area contributed by atoms with E-state index in [1.165, 1.54) is 0 Å². The van der Waals surface area contributed by atoms with Crippen molar-refractivity contribution in [2.75, 3.05) is 6.61 Å². The molecule has 0 saturated heterocycles. The molecule has 1 rings (SSSR count). The fourth-order valence-electron chi connectivity index (χ4n) is 1.07. The van der Waals surface area contributed by atoms with E-state index in [-0.39, 0.29) is 12.1 Å². The lowest BCUT2D eigenvalue weighted by molar-refractivity contribution is 0.150. The van der Waals surface area contributed by atoms with Crippen molar-refractivity contribution in [2.45, 2.75) is 26.3 Å². The van der Waals surface area contributed by atoms with Crippen LogP contribution < -0.4 is 0 Å². The summed E-state index contributed by atoms with van der Waals surface area (Å²) in [6, 6.07) is 0. The van der Waals surface area contributed by atoms with Gasteiger partial charge < -0.3 is 5.11 Å². The van der Waals surface area contributed by atoms with Crippen LogP contribution >= 0.6 is 15.9 Å². The van der Waals surface area contributed by atoms with Gasteiger partial charge in [-0.15, -0.1) is 0 Å². The molecule has 1 aromatic heterocycles. The molecular weight excluding hydrogens is 220 g/mol. The highest BCUT2D eigenvalue weighted by Crippen LogP contribution is 2.21. The van der Waals surface area contributed by atoms with Gasteiger partial charge in [0.05, 0.1) is 28.5 Å². The molecule has 3 nitrogen and oxygen atoms in total. The van der Waals surface area contributed by atoms with Crippen molar-refractivity contribution in [3.05, 3.63) is 16.4 Å². The van der Waals surface area contributed by atoms with E-state index < -0.39 is 0 Å². The number of aromatic nitrogens is 2. The second-order valence-electron chi connectivity index (χ2n) is 3.46. The summed E-state index contributed by atoms with van der Waals surface area (Å²) in [6.45, 7) is 5.94. The molecule has 0 unspecified atom stereocenters. The summed E-state index contributed by atoms with van der Waals surface area (Å²) in [6.07, 6.45) is 1.74. The van der Waals surface area contributed by atoms with E-state index in [1.807, 2.05) is 25.5 Å². The van der Waals surface area contributed by atoms with Gasteiger partial charge in [-0.1, -0.05) is 0 Å². The number of hydrogen-bond donors (Lipinski definition) is 1. The van der Waals surface area contributed by atoms with Crippen LogP contribution in [0.15, 0.2) is 10.7 Å². The lowest BCUT2D eigenvalue weighted by atomic mass is 10.1. The molecular formula is C8H13BrN2O. The van der Waals surface area contributed by atoms with E-state index in [1.54, 1.807) is 6.20 Å². The molecule has 0 amide bonds. The molecule has 68 valence electrons. The molecule has 0 aliphatic carbocycles. The maximum absolute atomic E-state index is 9.11. The third-order valence-electron chi connectivity index (χ3n) is 1.91. The lowest BCUT2D eigenvalue weighted by Gasteiger charge is -2.24. The van der Waals surface area contributed by atoms with Crippen LogP contribution in [0.5, 0.6) is 0 Å². The molecule has 0 aliphatic rings. The fourth-order valence-corrected chi connectivity index (χ4v) is 1.33. The van der Waals surface area contributed by atoms with Crippen molar-refractivity contribution in [2.24, 2.45) is 0 Å². The third kappa shape index (κ3) is 1.54. The van der Waals surface area contributed by atoms with Gasteiger partial charge in [-0.3, -0.25) is 4.68 Å². The Labute approximate surface area is 80.5 Å². The molecule has 0 aromatic carbocycles. The summed E-state index contributed by atoms with van der Waals surface area (Å²) in [7, 11) is 0. The van der Waals surface area contributed by atoms with Crippen molar-refractivity contribution >= 4 is 15.9 Å². The van der Waals surface area contributed by atoms with Gasteiger partial charge in [0, 0.05) is 0 Å². The Balaban J connectivity index is 3.11. The quantitative estimate of drug-likeness (QED) is 0.843. The maximum Gasteiger partial charge on any atom is 0.0804 e. The first kappa shape index (κ1) is 9.74. The Morgan fingerprint density at radius 1 is 1.67 bits per heavy atom. The van der Waals surface area contributed by atoms with Gasteiger partial charge in [-0.25, -0.2) is 0 Å². The van der Waals surface area contributed by atoms with Gasteiger partial charge in [0.1, 0.15) is 0 Å². The first-order valence-corrected chi connectivity index (χ1v) is 4.60. The van der Waals surface area contributed by atoms with E-state index in [0.717, 1.165) is 10.2 Å². The summed E-state index contributed by atoms with van der Waals surface area (Å²) in [5.74, 6) is 0. The zero-order valence-electron chi connectivity index (χ0n) is 7.50. The number of halogens is 1. The van der Waals surface area contributed by atoms with Gasteiger partial charge in [-0.2, -0.15) is 5.10 Å². The van der Waals surface area contributed by atoms with E-state index in [2.05, 4.69) is 21.0 Å². The third-order valence-corrected chi connectivity index (χ3v) is 2.69. The van der Waals surface area contributed by atoms with Crippen molar-refractivity contribution in [3.63, 3.8) is 0 Å². The average Bonchev–Trinajstić information content (AvgIpc) is 2.33. The first-order valence-electron chi connectivity index (χ1n) is 3.80. The summed E-state index contributed by atoms with van der Waals surface area (Å²) in [5.41, 5.74) is 0.713. The highest BCUT2D eigenvalue weighted by Gasteiger charge is 2.22.